The molecule has 9 heteroatoms. The zero-order valence-electron chi connectivity index (χ0n) is 22.1. The first-order valence-corrected chi connectivity index (χ1v) is 14.3. The van der Waals surface area contributed by atoms with Gasteiger partial charge in [0.1, 0.15) is 6.61 Å². The number of piperidine rings is 1. The van der Waals surface area contributed by atoms with E-state index >= 15 is 0 Å². The summed E-state index contributed by atoms with van der Waals surface area (Å²) in [5, 5.41) is 0.276. The third-order valence-electron chi connectivity index (χ3n) is 6.85. The molecule has 3 aromatic carbocycles. The van der Waals surface area contributed by atoms with Crippen molar-refractivity contribution >= 4 is 46.5 Å². The smallest absolute Gasteiger partial charge is 0.293 e. The molecule has 2 fully saturated rings. The number of carbonyl (C=O) groups excluding carboxylic acids is 3. The maximum atomic E-state index is 12.9. The SMILES string of the molecule is COc1cc(/C=C2\SC(=O)N(Cc3ccc(Cl)cc3)C2=O)ccc1OCc1ccc(C(=O)N2CCCCC2)cc1. The van der Waals surface area contributed by atoms with Gasteiger partial charge in [0.2, 0.25) is 0 Å². The maximum absolute atomic E-state index is 12.9. The molecule has 0 bridgehead atoms. The number of carbonyl (C=O) groups is 3. The molecule has 40 heavy (non-hydrogen) atoms. The van der Waals surface area contributed by atoms with Crippen molar-refractivity contribution < 1.29 is 23.9 Å². The monoisotopic (exact) mass is 576 g/mol. The fraction of sp³-hybridized carbons (Fsp3) is 0.258. The Hall–Kier alpha value is -3.75. The standard InChI is InChI=1S/C31H29ClN2O5S/c1-38-27-17-23(18-28-30(36)34(31(37)40-28)19-21-7-12-25(32)13-8-21)9-14-26(27)39-20-22-5-10-24(11-6-22)29(35)33-15-3-2-4-16-33/h5-14,17-18H,2-4,15-16,19-20H2,1H3/b28-18-. The van der Waals surface area contributed by atoms with Gasteiger partial charge in [0.05, 0.1) is 18.6 Å². The zero-order chi connectivity index (χ0) is 28.1. The van der Waals surface area contributed by atoms with E-state index in [1.807, 2.05) is 35.2 Å². The first kappa shape index (κ1) is 27.8. The highest BCUT2D eigenvalue weighted by molar-refractivity contribution is 8.18. The van der Waals surface area contributed by atoms with E-state index in [1.165, 1.54) is 11.3 Å². The number of ether oxygens (including phenoxy) is 2. The van der Waals surface area contributed by atoms with Gasteiger partial charge in [-0.15, -0.1) is 0 Å². The predicted octanol–water partition coefficient (Wildman–Crippen LogP) is 6.79. The van der Waals surface area contributed by atoms with Crippen molar-refractivity contribution in [1.29, 1.82) is 0 Å². The minimum Gasteiger partial charge on any atom is -0.493 e. The van der Waals surface area contributed by atoms with Gasteiger partial charge in [0, 0.05) is 23.7 Å². The summed E-state index contributed by atoms with van der Waals surface area (Å²) in [5.41, 5.74) is 3.14. The Morgan fingerprint density at radius 1 is 0.925 bits per heavy atom. The molecule has 0 unspecified atom stereocenters. The van der Waals surface area contributed by atoms with Gasteiger partial charge in [-0.3, -0.25) is 19.3 Å². The van der Waals surface area contributed by atoms with Crippen molar-refractivity contribution in [3.8, 4) is 11.5 Å². The van der Waals surface area contributed by atoms with Crippen LogP contribution < -0.4 is 9.47 Å². The molecule has 0 saturated carbocycles. The van der Waals surface area contributed by atoms with E-state index < -0.39 is 0 Å². The summed E-state index contributed by atoms with van der Waals surface area (Å²) in [6.07, 6.45) is 4.98. The average Bonchev–Trinajstić information content (AvgIpc) is 3.25. The number of hydrogen-bond acceptors (Lipinski definition) is 6. The van der Waals surface area contributed by atoms with Crippen molar-refractivity contribution in [2.75, 3.05) is 20.2 Å². The van der Waals surface area contributed by atoms with Crippen LogP contribution in [0.25, 0.3) is 6.08 Å². The van der Waals surface area contributed by atoms with Crippen LogP contribution in [0.3, 0.4) is 0 Å². The van der Waals surface area contributed by atoms with Crippen LogP contribution in [0.1, 0.15) is 46.3 Å². The van der Waals surface area contributed by atoms with Gasteiger partial charge in [-0.05, 0) is 90.2 Å². The lowest BCUT2D eigenvalue weighted by atomic mass is 10.1. The number of hydrogen-bond donors (Lipinski definition) is 0. The number of amides is 3. The number of halogens is 1. The Morgan fingerprint density at radius 3 is 2.33 bits per heavy atom. The summed E-state index contributed by atoms with van der Waals surface area (Å²) in [4.78, 5) is 41.7. The summed E-state index contributed by atoms with van der Waals surface area (Å²) in [6.45, 7) is 2.13. The van der Waals surface area contributed by atoms with Gasteiger partial charge in [-0.25, -0.2) is 0 Å². The first-order valence-electron chi connectivity index (χ1n) is 13.1. The molecular formula is C31H29ClN2O5S. The number of benzene rings is 3. The summed E-state index contributed by atoms with van der Waals surface area (Å²) >= 11 is 6.84. The summed E-state index contributed by atoms with van der Waals surface area (Å²) in [7, 11) is 1.55. The van der Waals surface area contributed by atoms with Crippen LogP contribution in [-0.4, -0.2) is 47.1 Å². The molecule has 0 N–H and O–H groups in total. The van der Waals surface area contributed by atoms with E-state index in [2.05, 4.69) is 0 Å². The van der Waals surface area contributed by atoms with Gasteiger partial charge in [-0.1, -0.05) is 41.9 Å². The van der Waals surface area contributed by atoms with Crippen LogP contribution in [0.4, 0.5) is 4.79 Å². The molecule has 206 valence electrons. The fourth-order valence-electron chi connectivity index (χ4n) is 4.64. The third-order valence-corrected chi connectivity index (χ3v) is 8.01. The van der Waals surface area contributed by atoms with E-state index in [4.69, 9.17) is 21.1 Å². The molecule has 0 aliphatic carbocycles. The van der Waals surface area contributed by atoms with Crippen LogP contribution in [0.5, 0.6) is 11.5 Å². The Balaban J connectivity index is 1.22. The number of rotatable bonds is 8. The highest BCUT2D eigenvalue weighted by atomic mass is 35.5. The van der Waals surface area contributed by atoms with Crippen LogP contribution in [0.15, 0.2) is 71.6 Å². The Labute approximate surface area is 242 Å². The van der Waals surface area contributed by atoms with E-state index in [9.17, 15) is 14.4 Å². The number of likely N-dealkylation sites (tertiary alicyclic amines) is 1. The molecule has 5 rings (SSSR count). The molecule has 2 saturated heterocycles. The van der Waals surface area contributed by atoms with Gasteiger partial charge in [0.15, 0.2) is 11.5 Å². The van der Waals surface area contributed by atoms with Gasteiger partial charge >= 0.3 is 0 Å². The van der Waals surface area contributed by atoms with Crippen LogP contribution in [0, 0.1) is 0 Å². The molecule has 0 radical (unpaired) electrons. The number of imide groups is 1. The third kappa shape index (κ3) is 6.51. The maximum Gasteiger partial charge on any atom is 0.293 e. The van der Waals surface area contributed by atoms with Crippen molar-refractivity contribution in [3.63, 3.8) is 0 Å². The second kappa shape index (κ2) is 12.6. The van der Waals surface area contributed by atoms with E-state index in [0.29, 0.717) is 39.2 Å². The van der Waals surface area contributed by atoms with Gasteiger partial charge in [0.25, 0.3) is 17.1 Å². The van der Waals surface area contributed by atoms with Crippen molar-refractivity contribution in [3.05, 3.63) is 98.9 Å². The molecule has 0 spiro atoms. The van der Waals surface area contributed by atoms with E-state index in [-0.39, 0.29) is 23.6 Å². The van der Waals surface area contributed by atoms with Gasteiger partial charge < -0.3 is 14.4 Å². The highest BCUT2D eigenvalue weighted by Crippen LogP contribution is 2.35. The molecule has 2 heterocycles. The van der Waals surface area contributed by atoms with E-state index in [0.717, 1.165) is 48.8 Å². The van der Waals surface area contributed by atoms with Gasteiger partial charge in [-0.2, -0.15) is 0 Å². The highest BCUT2D eigenvalue weighted by Gasteiger charge is 2.35. The van der Waals surface area contributed by atoms with Crippen molar-refractivity contribution in [2.24, 2.45) is 0 Å². The second-order valence-corrected chi connectivity index (χ2v) is 11.1. The van der Waals surface area contributed by atoms with Crippen LogP contribution in [-0.2, 0) is 17.9 Å². The van der Waals surface area contributed by atoms with Crippen molar-refractivity contribution in [1.82, 2.24) is 9.80 Å². The summed E-state index contributed by atoms with van der Waals surface area (Å²) < 4.78 is 11.5. The topological polar surface area (TPSA) is 76.1 Å². The molecule has 2 aliphatic heterocycles. The van der Waals surface area contributed by atoms with Crippen LogP contribution >= 0.6 is 23.4 Å². The number of thioether (sulfide) groups is 1. The summed E-state index contributed by atoms with van der Waals surface area (Å²) in [6, 6.07) is 19.9. The molecule has 0 atom stereocenters. The molecule has 7 nitrogen and oxygen atoms in total. The van der Waals surface area contributed by atoms with Crippen molar-refractivity contribution in [2.45, 2.75) is 32.4 Å². The molecule has 2 aliphatic rings. The molecule has 3 aromatic rings. The predicted molar refractivity (Wildman–Crippen MR) is 156 cm³/mol. The zero-order valence-corrected chi connectivity index (χ0v) is 23.7. The lowest BCUT2D eigenvalue weighted by Crippen LogP contribution is -2.35. The van der Waals surface area contributed by atoms with E-state index in [1.54, 1.807) is 49.6 Å². The lowest BCUT2D eigenvalue weighted by Gasteiger charge is -2.26. The average molecular weight is 577 g/mol. The normalized spacial score (nSPS) is 16.5. The Morgan fingerprint density at radius 2 is 1.62 bits per heavy atom. The minimum absolute atomic E-state index is 0.0762. The molecular weight excluding hydrogens is 548 g/mol. The Kier molecular flexibility index (Phi) is 8.77. The quantitative estimate of drug-likeness (QED) is 0.275. The number of methoxy groups -OCH3 is 1. The Bertz CT molecular complexity index is 1430. The summed E-state index contributed by atoms with van der Waals surface area (Å²) in [5.74, 6) is 0.786. The number of nitrogens with zero attached hydrogens (tertiary/aromatic N) is 2. The minimum atomic E-state index is -0.341. The fourth-order valence-corrected chi connectivity index (χ4v) is 5.60. The molecule has 0 aromatic heterocycles. The largest absolute Gasteiger partial charge is 0.493 e. The first-order chi connectivity index (χ1) is 19.4. The molecule has 3 amide bonds. The second-order valence-electron chi connectivity index (χ2n) is 9.64. The van der Waals surface area contributed by atoms with Crippen LogP contribution in [0.2, 0.25) is 5.02 Å². The lowest BCUT2D eigenvalue weighted by molar-refractivity contribution is -0.123.